The number of rotatable bonds is 5. The Balaban J connectivity index is 1.31. The molecule has 2 aromatic rings. The number of hydrogen-bond donors (Lipinski definition) is 0. The zero-order valence-electron chi connectivity index (χ0n) is 17.8. The Labute approximate surface area is 178 Å². The number of aromatic nitrogens is 2. The maximum absolute atomic E-state index is 12.8. The second-order valence-corrected chi connectivity index (χ2v) is 7.78. The molecule has 0 unspecified atom stereocenters. The summed E-state index contributed by atoms with van der Waals surface area (Å²) in [5, 5.41) is 8.91. The van der Waals surface area contributed by atoms with E-state index in [9.17, 15) is 4.79 Å². The Bertz CT molecular complexity index is 826. The van der Waals surface area contributed by atoms with E-state index in [2.05, 4.69) is 38.0 Å². The van der Waals surface area contributed by atoms with Gasteiger partial charge >= 0.3 is 0 Å². The molecule has 1 aromatic carbocycles. The number of carbonyl (C=O) groups is 1. The summed E-state index contributed by atoms with van der Waals surface area (Å²) in [5.74, 6) is 2.67. The lowest BCUT2D eigenvalue weighted by molar-refractivity contribution is 0.0746. The second kappa shape index (κ2) is 9.30. The summed E-state index contributed by atoms with van der Waals surface area (Å²) in [7, 11) is 2.15. The van der Waals surface area contributed by atoms with Crippen LogP contribution in [0, 0.1) is 0 Å². The van der Waals surface area contributed by atoms with Gasteiger partial charge in [0.25, 0.3) is 5.91 Å². The van der Waals surface area contributed by atoms with Gasteiger partial charge in [0.2, 0.25) is 0 Å². The number of hydrogen-bond acceptors (Lipinski definition) is 7. The maximum Gasteiger partial charge on any atom is 0.253 e. The van der Waals surface area contributed by atoms with Crippen LogP contribution >= 0.6 is 0 Å². The van der Waals surface area contributed by atoms with Gasteiger partial charge in [-0.1, -0.05) is 0 Å². The van der Waals surface area contributed by atoms with E-state index >= 15 is 0 Å². The van der Waals surface area contributed by atoms with E-state index in [1.54, 1.807) is 0 Å². The minimum absolute atomic E-state index is 0.0641. The smallest absolute Gasteiger partial charge is 0.253 e. The van der Waals surface area contributed by atoms with Gasteiger partial charge in [0.1, 0.15) is 5.75 Å². The number of carbonyl (C=O) groups excluding carboxylic acids is 1. The highest BCUT2D eigenvalue weighted by atomic mass is 16.5. The van der Waals surface area contributed by atoms with Gasteiger partial charge in [-0.3, -0.25) is 4.79 Å². The minimum atomic E-state index is 0.0641. The quantitative estimate of drug-likeness (QED) is 0.742. The van der Waals surface area contributed by atoms with Crippen LogP contribution in [0.1, 0.15) is 17.3 Å². The fraction of sp³-hybridized carbons (Fsp3) is 0.500. The monoisotopic (exact) mass is 410 g/mol. The van der Waals surface area contributed by atoms with Crippen LogP contribution in [0.15, 0.2) is 36.4 Å². The van der Waals surface area contributed by atoms with Crippen LogP contribution in [-0.2, 0) is 0 Å². The number of nitrogens with zero attached hydrogens (tertiary/aromatic N) is 6. The standard InChI is InChI=1S/C22H30N6O2/c1-3-30-19-6-4-18(5-7-19)22(29)28-16-14-27(15-17-28)21-9-8-20(23-24-21)26-12-10-25(2)11-13-26/h4-9H,3,10-17H2,1-2H3. The lowest BCUT2D eigenvalue weighted by Gasteiger charge is -2.36. The van der Waals surface area contributed by atoms with E-state index in [0.29, 0.717) is 25.3 Å². The molecule has 2 fully saturated rings. The Morgan fingerprint density at radius 3 is 1.87 bits per heavy atom. The van der Waals surface area contributed by atoms with E-state index in [1.807, 2.05) is 42.2 Å². The molecule has 0 saturated carbocycles. The first-order valence-electron chi connectivity index (χ1n) is 10.7. The molecule has 3 heterocycles. The van der Waals surface area contributed by atoms with Crippen molar-refractivity contribution in [2.45, 2.75) is 6.92 Å². The summed E-state index contributed by atoms with van der Waals surface area (Å²) >= 11 is 0. The predicted octanol–water partition coefficient (Wildman–Crippen LogP) is 1.59. The molecular formula is C22H30N6O2. The van der Waals surface area contributed by atoms with Crippen molar-refractivity contribution >= 4 is 17.5 Å². The van der Waals surface area contributed by atoms with Crippen molar-refractivity contribution < 1.29 is 9.53 Å². The van der Waals surface area contributed by atoms with Crippen molar-refractivity contribution in [2.24, 2.45) is 0 Å². The highest BCUT2D eigenvalue weighted by Crippen LogP contribution is 2.19. The Morgan fingerprint density at radius 1 is 0.833 bits per heavy atom. The zero-order valence-corrected chi connectivity index (χ0v) is 17.8. The SMILES string of the molecule is CCOc1ccc(C(=O)N2CCN(c3ccc(N4CCN(C)CC4)nn3)CC2)cc1. The zero-order chi connectivity index (χ0) is 20.9. The molecule has 1 amide bonds. The summed E-state index contributed by atoms with van der Waals surface area (Å²) in [6.07, 6.45) is 0. The molecule has 2 aliphatic heterocycles. The third-order valence-corrected chi connectivity index (χ3v) is 5.77. The van der Waals surface area contributed by atoms with Crippen molar-refractivity contribution in [2.75, 3.05) is 75.8 Å². The van der Waals surface area contributed by atoms with Crippen molar-refractivity contribution in [1.29, 1.82) is 0 Å². The molecule has 1 aromatic heterocycles. The Morgan fingerprint density at radius 2 is 1.37 bits per heavy atom. The van der Waals surface area contributed by atoms with E-state index in [-0.39, 0.29) is 5.91 Å². The second-order valence-electron chi connectivity index (χ2n) is 7.78. The summed E-state index contributed by atoms with van der Waals surface area (Å²) in [6.45, 7) is 9.49. The highest BCUT2D eigenvalue weighted by Gasteiger charge is 2.23. The molecule has 0 atom stereocenters. The summed E-state index contributed by atoms with van der Waals surface area (Å²) in [6, 6.07) is 11.5. The number of anilines is 2. The van der Waals surface area contributed by atoms with Crippen LogP contribution in [0.3, 0.4) is 0 Å². The van der Waals surface area contributed by atoms with Gasteiger partial charge in [0.05, 0.1) is 6.61 Å². The molecule has 0 N–H and O–H groups in total. The summed E-state index contributed by atoms with van der Waals surface area (Å²) in [5.41, 5.74) is 0.697. The third-order valence-electron chi connectivity index (χ3n) is 5.77. The summed E-state index contributed by atoms with van der Waals surface area (Å²) < 4.78 is 5.45. The number of ether oxygens (including phenoxy) is 1. The van der Waals surface area contributed by atoms with Gasteiger partial charge in [0, 0.05) is 57.9 Å². The number of likely N-dealkylation sites (N-methyl/N-ethyl adjacent to an activating group) is 1. The number of piperazine rings is 2. The van der Waals surface area contributed by atoms with E-state index in [1.165, 1.54) is 0 Å². The molecule has 8 heteroatoms. The van der Waals surface area contributed by atoms with Gasteiger partial charge < -0.3 is 24.3 Å². The fourth-order valence-corrected chi connectivity index (χ4v) is 3.87. The average Bonchev–Trinajstić information content (AvgIpc) is 2.80. The topological polar surface area (TPSA) is 65.0 Å². The lowest BCUT2D eigenvalue weighted by atomic mass is 10.1. The van der Waals surface area contributed by atoms with Crippen molar-refractivity contribution in [3.05, 3.63) is 42.0 Å². The van der Waals surface area contributed by atoms with Gasteiger partial charge in [0.15, 0.2) is 11.6 Å². The molecule has 0 radical (unpaired) electrons. The van der Waals surface area contributed by atoms with Gasteiger partial charge in [-0.15, -0.1) is 10.2 Å². The van der Waals surface area contributed by atoms with Crippen LogP contribution in [-0.4, -0.2) is 91.9 Å². The lowest BCUT2D eigenvalue weighted by Crippen LogP contribution is -2.49. The molecule has 8 nitrogen and oxygen atoms in total. The van der Waals surface area contributed by atoms with Crippen LogP contribution in [0.5, 0.6) is 5.75 Å². The number of amides is 1. The molecule has 160 valence electrons. The van der Waals surface area contributed by atoms with Gasteiger partial charge in [-0.25, -0.2) is 0 Å². The molecule has 4 rings (SSSR count). The van der Waals surface area contributed by atoms with Crippen molar-refractivity contribution in [3.63, 3.8) is 0 Å². The minimum Gasteiger partial charge on any atom is -0.494 e. The fourth-order valence-electron chi connectivity index (χ4n) is 3.87. The molecular weight excluding hydrogens is 380 g/mol. The third kappa shape index (κ3) is 4.64. The molecule has 0 spiro atoms. The molecule has 0 bridgehead atoms. The molecule has 0 aliphatic carbocycles. The van der Waals surface area contributed by atoms with Gasteiger partial charge in [-0.2, -0.15) is 0 Å². The normalized spacial score (nSPS) is 17.9. The van der Waals surface area contributed by atoms with Gasteiger partial charge in [-0.05, 0) is 50.4 Å². The molecule has 2 saturated heterocycles. The van der Waals surface area contributed by atoms with Crippen LogP contribution in [0.25, 0.3) is 0 Å². The first kappa shape index (κ1) is 20.4. The Hall–Kier alpha value is -2.87. The average molecular weight is 411 g/mol. The van der Waals surface area contributed by atoms with Crippen molar-refractivity contribution in [1.82, 2.24) is 20.0 Å². The molecule has 30 heavy (non-hydrogen) atoms. The van der Waals surface area contributed by atoms with E-state index in [0.717, 1.165) is 56.7 Å². The maximum atomic E-state index is 12.8. The first-order valence-corrected chi connectivity index (χ1v) is 10.7. The summed E-state index contributed by atoms with van der Waals surface area (Å²) in [4.78, 5) is 21.5. The molecule has 2 aliphatic rings. The predicted molar refractivity (Wildman–Crippen MR) is 117 cm³/mol. The highest BCUT2D eigenvalue weighted by molar-refractivity contribution is 5.94. The van der Waals surface area contributed by atoms with Crippen LogP contribution < -0.4 is 14.5 Å². The largest absolute Gasteiger partial charge is 0.494 e. The van der Waals surface area contributed by atoms with Crippen LogP contribution in [0.4, 0.5) is 11.6 Å². The van der Waals surface area contributed by atoms with Crippen molar-refractivity contribution in [3.8, 4) is 5.75 Å². The van der Waals surface area contributed by atoms with Crippen LogP contribution in [0.2, 0.25) is 0 Å². The Kier molecular flexibility index (Phi) is 6.32. The van der Waals surface area contributed by atoms with E-state index < -0.39 is 0 Å². The first-order chi connectivity index (χ1) is 14.6. The number of benzene rings is 1. The van der Waals surface area contributed by atoms with E-state index in [4.69, 9.17) is 4.74 Å².